The molecule has 1 unspecified atom stereocenters. The Labute approximate surface area is 87.0 Å². The lowest BCUT2D eigenvalue weighted by Crippen LogP contribution is -2.10. The van der Waals surface area contributed by atoms with Crippen LogP contribution in [0.2, 0.25) is 0 Å². The average Bonchev–Trinajstić information content (AvgIpc) is 2.51. The van der Waals surface area contributed by atoms with E-state index in [2.05, 4.69) is 13.8 Å². The minimum atomic E-state index is 0.314. The van der Waals surface area contributed by atoms with Crippen molar-refractivity contribution in [1.29, 1.82) is 0 Å². The number of carbonyl (C=O) groups is 1. The monoisotopic (exact) mass is 198 g/mol. The molecule has 2 heteroatoms. The lowest BCUT2D eigenvalue weighted by molar-refractivity contribution is -0.121. The summed E-state index contributed by atoms with van der Waals surface area (Å²) in [5.41, 5.74) is 0. The predicted octanol–water partition coefficient (Wildman–Crippen LogP) is 2.81. The van der Waals surface area contributed by atoms with Gasteiger partial charge in [-0.1, -0.05) is 13.8 Å². The van der Waals surface area contributed by atoms with Crippen molar-refractivity contribution in [3.05, 3.63) is 0 Å². The van der Waals surface area contributed by atoms with Crippen LogP contribution in [-0.2, 0) is 9.53 Å². The standard InChI is InChI=1S/C12H22O2/c1-10(2)6-8-14-9-7-11-4-3-5-12(11)13/h10-11H,3-9H2,1-2H3. The van der Waals surface area contributed by atoms with Gasteiger partial charge in [0, 0.05) is 25.6 Å². The van der Waals surface area contributed by atoms with E-state index < -0.39 is 0 Å². The zero-order valence-corrected chi connectivity index (χ0v) is 9.42. The van der Waals surface area contributed by atoms with Crippen LogP contribution in [0.3, 0.4) is 0 Å². The van der Waals surface area contributed by atoms with Crippen molar-refractivity contribution in [2.24, 2.45) is 11.8 Å². The van der Waals surface area contributed by atoms with Gasteiger partial charge in [0.05, 0.1) is 0 Å². The first-order valence-electron chi connectivity index (χ1n) is 5.80. The fourth-order valence-electron chi connectivity index (χ4n) is 1.84. The minimum absolute atomic E-state index is 0.314. The van der Waals surface area contributed by atoms with E-state index in [1.807, 2.05) is 0 Å². The molecule has 1 saturated carbocycles. The van der Waals surface area contributed by atoms with Gasteiger partial charge in [-0.25, -0.2) is 0 Å². The second-order valence-corrected chi connectivity index (χ2v) is 4.64. The summed E-state index contributed by atoms with van der Waals surface area (Å²) in [4.78, 5) is 11.3. The van der Waals surface area contributed by atoms with Crippen LogP contribution in [0.25, 0.3) is 0 Å². The number of Topliss-reactive ketones (excluding diaryl/α,β-unsaturated/α-hetero) is 1. The van der Waals surface area contributed by atoms with Gasteiger partial charge in [0.2, 0.25) is 0 Å². The molecule has 0 bridgehead atoms. The van der Waals surface area contributed by atoms with Gasteiger partial charge in [0.25, 0.3) is 0 Å². The van der Waals surface area contributed by atoms with Crippen LogP contribution in [0.4, 0.5) is 0 Å². The van der Waals surface area contributed by atoms with Crippen LogP contribution in [0.15, 0.2) is 0 Å². The Morgan fingerprint density at radius 3 is 2.79 bits per heavy atom. The van der Waals surface area contributed by atoms with Gasteiger partial charge in [-0.15, -0.1) is 0 Å². The molecule has 0 radical (unpaired) electrons. The molecule has 0 aromatic rings. The fourth-order valence-corrected chi connectivity index (χ4v) is 1.84. The van der Waals surface area contributed by atoms with Crippen LogP contribution in [0, 0.1) is 11.8 Å². The largest absolute Gasteiger partial charge is 0.381 e. The highest BCUT2D eigenvalue weighted by Crippen LogP contribution is 2.24. The van der Waals surface area contributed by atoms with E-state index in [1.54, 1.807) is 0 Å². The Morgan fingerprint density at radius 1 is 1.43 bits per heavy atom. The highest BCUT2D eigenvalue weighted by molar-refractivity contribution is 5.82. The number of carbonyl (C=O) groups excluding carboxylic acids is 1. The Hall–Kier alpha value is -0.370. The number of hydrogen-bond acceptors (Lipinski definition) is 2. The molecule has 0 N–H and O–H groups in total. The molecule has 0 spiro atoms. The van der Waals surface area contributed by atoms with E-state index in [9.17, 15) is 4.79 Å². The normalized spacial score (nSPS) is 22.2. The maximum atomic E-state index is 11.3. The molecule has 0 aromatic carbocycles. The van der Waals surface area contributed by atoms with Crippen LogP contribution < -0.4 is 0 Å². The molecule has 14 heavy (non-hydrogen) atoms. The van der Waals surface area contributed by atoms with Gasteiger partial charge >= 0.3 is 0 Å². The van der Waals surface area contributed by atoms with Gasteiger partial charge in [-0.3, -0.25) is 4.79 Å². The SMILES string of the molecule is CC(C)CCOCCC1CCCC1=O. The van der Waals surface area contributed by atoms with Crippen molar-refractivity contribution in [2.75, 3.05) is 13.2 Å². The van der Waals surface area contributed by atoms with E-state index in [-0.39, 0.29) is 0 Å². The highest BCUT2D eigenvalue weighted by Gasteiger charge is 2.23. The molecule has 1 atom stereocenters. The molecule has 1 aliphatic carbocycles. The third-order valence-corrected chi connectivity index (χ3v) is 2.88. The van der Waals surface area contributed by atoms with Crippen LogP contribution in [-0.4, -0.2) is 19.0 Å². The van der Waals surface area contributed by atoms with E-state index in [1.165, 1.54) is 0 Å². The van der Waals surface area contributed by atoms with Crippen LogP contribution in [0.5, 0.6) is 0 Å². The van der Waals surface area contributed by atoms with Gasteiger partial charge in [0.1, 0.15) is 5.78 Å². The van der Waals surface area contributed by atoms with E-state index in [0.717, 1.165) is 45.3 Å². The smallest absolute Gasteiger partial charge is 0.136 e. The molecular weight excluding hydrogens is 176 g/mol. The van der Waals surface area contributed by atoms with Crippen LogP contribution >= 0.6 is 0 Å². The summed E-state index contributed by atoms with van der Waals surface area (Å²) in [7, 11) is 0. The quantitative estimate of drug-likeness (QED) is 0.613. The summed E-state index contributed by atoms with van der Waals surface area (Å²) in [6.07, 6.45) is 5.05. The van der Waals surface area contributed by atoms with E-state index in [4.69, 9.17) is 4.74 Å². The Bertz CT molecular complexity index is 175. The van der Waals surface area contributed by atoms with Crippen molar-refractivity contribution in [2.45, 2.75) is 46.0 Å². The van der Waals surface area contributed by atoms with Crippen molar-refractivity contribution < 1.29 is 9.53 Å². The highest BCUT2D eigenvalue weighted by atomic mass is 16.5. The molecule has 1 rings (SSSR count). The molecule has 0 saturated heterocycles. The molecule has 0 aliphatic heterocycles. The molecule has 82 valence electrons. The molecular formula is C12H22O2. The summed E-state index contributed by atoms with van der Waals surface area (Å²) < 4.78 is 5.50. The predicted molar refractivity (Wildman–Crippen MR) is 57.2 cm³/mol. The second kappa shape index (κ2) is 6.18. The maximum absolute atomic E-state index is 11.3. The molecule has 1 fully saturated rings. The van der Waals surface area contributed by atoms with Crippen molar-refractivity contribution in [3.8, 4) is 0 Å². The molecule has 0 heterocycles. The topological polar surface area (TPSA) is 26.3 Å². The average molecular weight is 198 g/mol. The number of rotatable bonds is 6. The van der Waals surface area contributed by atoms with Crippen molar-refractivity contribution >= 4 is 5.78 Å². The number of ether oxygens (including phenoxy) is 1. The van der Waals surface area contributed by atoms with Crippen LogP contribution in [0.1, 0.15) is 46.0 Å². The summed E-state index contributed by atoms with van der Waals surface area (Å²) in [5.74, 6) is 1.48. The fraction of sp³-hybridized carbons (Fsp3) is 0.917. The first-order valence-corrected chi connectivity index (χ1v) is 5.80. The molecule has 0 amide bonds. The van der Waals surface area contributed by atoms with E-state index in [0.29, 0.717) is 17.6 Å². The van der Waals surface area contributed by atoms with E-state index >= 15 is 0 Å². The first kappa shape index (κ1) is 11.7. The zero-order chi connectivity index (χ0) is 10.4. The van der Waals surface area contributed by atoms with Gasteiger partial charge in [-0.05, 0) is 31.6 Å². The molecule has 2 nitrogen and oxygen atoms in total. The summed E-state index contributed by atoms with van der Waals surface area (Å²) in [5, 5.41) is 0. The van der Waals surface area contributed by atoms with Crippen molar-refractivity contribution in [1.82, 2.24) is 0 Å². The lowest BCUT2D eigenvalue weighted by Gasteiger charge is -2.09. The molecule has 1 aliphatic rings. The third kappa shape index (κ3) is 4.23. The Kier molecular flexibility index (Phi) is 5.16. The van der Waals surface area contributed by atoms with Crippen molar-refractivity contribution in [3.63, 3.8) is 0 Å². The van der Waals surface area contributed by atoms with Gasteiger partial charge < -0.3 is 4.74 Å². The summed E-state index contributed by atoms with van der Waals surface area (Å²) in [6, 6.07) is 0. The third-order valence-electron chi connectivity index (χ3n) is 2.88. The first-order chi connectivity index (χ1) is 6.70. The van der Waals surface area contributed by atoms with Gasteiger partial charge in [0.15, 0.2) is 0 Å². The maximum Gasteiger partial charge on any atom is 0.136 e. The summed E-state index contributed by atoms with van der Waals surface area (Å²) in [6.45, 7) is 6.01. The number of ketones is 1. The zero-order valence-electron chi connectivity index (χ0n) is 9.42. The minimum Gasteiger partial charge on any atom is -0.381 e. The molecule has 0 aromatic heterocycles. The second-order valence-electron chi connectivity index (χ2n) is 4.64. The lowest BCUT2D eigenvalue weighted by atomic mass is 10.0. The Balaban J connectivity index is 1.96. The Morgan fingerprint density at radius 2 is 2.21 bits per heavy atom. The number of hydrogen-bond donors (Lipinski definition) is 0. The van der Waals surface area contributed by atoms with Gasteiger partial charge in [-0.2, -0.15) is 0 Å². The summed E-state index contributed by atoms with van der Waals surface area (Å²) >= 11 is 0.